The quantitative estimate of drug-likeness (QED) is 0.895. The highest BCUT2D eigenvalue weighted by atomic mass is 32.2. The van der Waals surface area contributed by atoms with Gasteiger partial charge in [0.15, 0.2) is 0 Å². The predicted molar refractivity (Wildman–Crippen MR) is 72.6 cm³/mol. The van der Waals surface area contributed by atoms with Gasteiger partial charge in [0.2, 0.25) is 0 Å². The number of carboxylic acids is 1. The number of hydrogen-bond acceptors (Lipinski definition) is 3. The van der Waals surface area contributed by atoms with Crippen molar-refractivity contribution in [2.45, 2.75) is 11.5 Å². The molecular weight excluding hydrogens is 246 g/mol. The zero-order valence-electron chi connectivity index (χ0n) is 9.74. The van der Waals surface area contributed by atoms with Crippen LogP contribution in [0.15, 0.2) is 48.7 Å². The van der Waals surface area contributed by atoms with E-state index in [1.54, 1.807) is 24.0 Å². The lowest BCUT2D eigenvalue weighted by molar-refractivity contribution is 0.0690. The van der Waals surface area contributed by atoms with E-state index in [0.717, 1.165) is 17.1 Å². The third kappa shape index (κ3) is 3.60. The number of aromatic carboxylic acids is 1. The molecule has 0 radical (unpaired) electrons. The van der Waals surface area contributed by atoms with E-state index in [9.17, 15) is 4.79 Å². The normalized spacial score (nSPS) is 10.2. The van der Waals surface area contributed by atoms with Crippen LogP contribution >= 0.6 is 11.8 Å². The van der Waals surface area contributed by atoms with Crippen LogP contribution in [-0.2, 0) is 11.5 Å². The molecule has 0 aliphatic carbocycles. The lowest BCUT2D eigenvalue weighted by Crippen LogP contribution is -2.00. The molecule has 2 rings (SSSR count). The van der Waals surface area contributed by atoms with Crippen LogP contribution in [0.25, 0.3) is 0 Å². The topological polar surface area (TPSA) is 50.2 Å². The van der Waals surface area contributed by atoms with Gasteiger partial charge in [-0.2, -0.15) is 11.8 Å². The van der Waals surface area contributed by atoms with Gasteiger partial charge in [0.1, 0.15) is 5.69 Å². The summed E-state index contributed by atoms with van der Waals surface area (Å²) >= 11 is 1.76. The van der Waals surface area contributed by atoms with Crippen molar-refractivity contribution in [1.29, 1.82) is 0 Å². The highest BCUT2D eigenvalue weighted by Gasteiger charge is 2.04. The number of thioether (sulfide) groups is 1. The van der Waals surface area contributed by atoms with Crippen molar-refractivity contribution in [2.75, 3.05) is 0 Å². The van der Waals surface area contributed by atoms with Crippen LogP contribution in [0.2, 0.25) is 0 Å². The second-order valence-electron chi connectivity index (χ2n) is 3.83. The molecule has 0 aliphatic heterocycles. The molecule has 3 nitrogen and oxygen atoms in total. The minimum atomic E-state index is -0.982. The molecule has 0 saturated carbocycles. The molecular formula is C14H13NO2S. The van der Waals surface area contributed by atoms with Crippen molar-refractivity contribution in [1.82, 2.24) is 4.98 Å². The van der Waals surface area contributed by atoms with Gasteiger partial charge in [-0.25, -0.2) is 9.78 Å². The summed E-state index contributed by atoms with van der Waals surface area (Å²) in [5.41, 5.74) is 2.37. The number of aromatic nitrogens is 1. The van der Waals surface area contributed by atoms with Crippen molar-refractivity contribution >= 4 is 17.7 Å². The van der Waals surface area contributed by atoms with Gasteiger partial charge in [0.25, 0.3) is 0 Å². The number of rotatable bonds is 5. The van der Waals surface area contributed by atoms with Crippen molar-refractivity contribution in [3.05, 3.63) is 65.5 Å². The second-order valence-corrected chi connectivity index (χ2v) is 4.82. The molecule has 0 bridgehead atoms. The molecule has 0 atom stereocenters. The number of hydrogen-bond donors (Lipinski definition) is 1. The fourth-order valence-corrected chi connectivity index (χ4v) is 2.49. The van der Waals surface area contributed by atoms with Gasteiger partial charge < -0.3 is 5.11 Å². The number of carbonyl (C=O) groups is 1. The van der Waals surface area contributed by atoms with Gasteiger partial charge in [0, 0.05) is 17.7 Å². The maximum absolute atomic E-state index is 10.8. The molecule has 1 aromatic carbocycles. The molecule has 92 valence electrons. The van der Waals surface area contributed by atoms with E-state index in [4.69, 9.17) is 5.11 Å². The van der Waals surface area contributed by atoms with Crippen molar-refractivity contribution < 1.29 is 9.90 Å². The first-order valence-electron chi connectivity index (χ1n) is 5.55. The molecule has 0 amide bonds. The summed E-state index contributed by atoms with van der Waals surface area (Å²) in [6, 6.07) is 13.7. The summed E-state index contributed by atoms with van der Waals surface area (Å²) in [4.78, 5) is 14.6. The largest absolute Gasteiger partial charge is 0.477 e. The Morgan fingerprint density at radius 2 is 1.83 bits per heavy atom. The molecule has 0 unspecified atom stereocenters. The van der Waals surface area contributed by atoms with Gasteiger partial charge >= 0.3 is 5.97 Å². The Labute approximate surface area is 110 Å². The van der Waals surface area contributed by atoms with Gasteiger partial charge in [-0.3, -0.25) is 0 Å². The minimum absolute atomic E-state index is 0.104. The molecule has 0 spiro atoms. The zero-order chi connectivity index (χ0) is 12.8. The monoisotopic (exact) mass is 259 g/mol. The second kappa shape index (κ2) is 6.21. The van der Waals surface area contributed by atoms with Crippen LogP contribution in [0.5, 0.6) is 0 Å². The number of pyridine rings is 1. The predicted octanol–water partition coefficient (Wildman–Crippen LogP) is 3.21. The van der Waals surface area contributed by atoms with Crippen molar-refractivity contribution in [3.63, 3.8) is 0 Å². The number of nitrogens with zero attached hydrogens (tertiary/aromatic N) is 1. The van der Waals surface area contributed by atoms with Crippen LogP contribution in [-0.4, -0.2) is 16.1 Å². The first-order valence-corrected chi connectivity index (χ1v) is 6.71. The summed E-state index contributed by atoms with van der Waals surface area (Å²) in [5, 5.41) is 8.84. The Balaban J connectivity index is 1.90. The van der Waals surface area contributed by atoms with E-state index in [-0.39, 0.29) is 5.69 Å². The van der Waals surface area contributed by atoms with Gasteiger partial charge in [-0.05, 0) is 23.3 Å². The lowest BCUT2D eigenvalue weighted by Gasteiger charge is -2.03. The van der Waals surface area contributed by atoms with E-state index in [1.807, 2.05) is 24.3 Å². The van der Waals surface area contributed by atoms with Gasteiger partial charge in [0.05, 0.1) is 0 Å². The standard InChI is InChI=1S/C14H13NO2S/c16-14(17)13-8-12(6-7-15-13)10-18-9-11-4-2-1-3-5-11/h1-8H,9-10H2,(H,16,17). The van der Waals surface area contributed by atoms with E-state index >= 15 is 0 Å². The molecule has 0 aliphatic rings. The Bertz CT molecular complexity index is 528. The van der Waals surface area contributed by atoms with Crippen molar-refractivity contribution in [2.24, 2.45) is 0 Å². The summed E-state index contributed by atoms with van der Waals surface area (Å²) in [6.07, 6.45) is 1.54. The first-order chi connectivity index (χ1) is 8.75. The van der Waals surface area contributed by atoms with Crippen LogP contribution < -0.4 is 0 Å². The third-order valence-electron chi connectivity index (χ3n) is 2.42. The van der Waals surface area contributed by atoms with Crippen LogP contribution in [0, 0.1) is 0 Å². The maximum atomic E-state index is 10.8. The average Bonchev–Trinajstić information content (AvgIpc) is 2.40. The van der Waals surface area contributed by atoms with Crippen molar-refractivity contribution in [3.8, 4) is 0 Å². The Morgan fingerprint density at radius 1 is 1.11 bits per heavy atom. The smallest absolute Gasteiger partial charge is 0.354 e. The van der Waals surface area contributed by atoms with Crippen LogP contribution in [0.1, 0.15) is 21.6 Å². The minimum Gasteiger partial charge on any atom is -0.477 e. The highest BCUT2D eigenvalue weighted by Crippen LogP contribution is 2.17. The summed E-state index contributed by atoms with van der Waals surface area (Å²) < 4.78 is 0. The molecule has 18 heavy (non-hydrogen) atoms. The molecule has 1 heterocycles. The Kier molecular flexibility index (Phi) is 4.36. The molecule has 0 fully saturated rings. The van der Waals surface area contributed by atoms with E-state index in [1.165, 1.54) is 5.56 Å². The van der Waals surface area contributed by atoms with Crippen LogP contribution in [0.4, 0.5) is 0 Å². The highest BCUT2D eigenvalue weighted by molar-refractivity contribution is 7.97. The number of benzene rings is 1. The fraction of sp³-hybridized carbons (Fsp3) is 0.143. The van der Waals surface area contributed by atoms with Gasteiger partial charge in [-0.1, -0.05) is 30.3 Å². The van der Waals surface area contributed by atoms with E-state index in [2.05, 4.69) is 17.1 Å². The van der Waals surface area contributed by atoms with Crippen LogP contribution in [0.3, 0.4) is 0 Å². The third-order valence-corrected chi connectivity index (χ3v) is 3.50. The Hall–Kier alpha value is -1.81. The van der Waals surface area contributed by atoms with Gasteiger partial charge in [-0.15, -0.1) is 0 Å². The summed E-state index contributed by atoms with van der Waals surface area (Å²) in [5.74, 6) is 0.730. The van der Waals surface area contributed by atoms with E-state index < -0.39 is 5.97 Å². The summed E-state index contributed by atoms with van der Waals surface area (Å²) in [6.45, 7) is 0. The Morgan fingerprint density at radius 3 is 2.56 bits per heavy atom. The SMILES string of the molecule is O=C(O)c1cc(CSCc2ccccc2)ccn1. The molecule has 1 aromatic heterocycles. The number of carboxylic acid groups (broad SMARTS) is 1. The maximum Gasteiger partial charge on any atom is 0.354 e. The molecule has 2 aromatic rings. The molecule has 4 heteroatoms. The fourth-order valence-electron chi connectivity index (χ4n) is 1.54. The molecule has 1 N–H and O–H groups in total. The summed E-state index contributed by atoms with van der Waals surface area (Å²) in [7, 11) is 0. The lowest BCUT2D eigenvalue weighted by atomic mass is 10.2. The molecule has 0 saturated heterocycles. The first kappa shape index (κ1) is 12.6. The van der Waals surface area contributed by atoms with E-state index in [0.29, 0.717) is 0 Å². The average molecular weight is 259 g/mol. The zero-order valence-corrected chi connectivity index (χ0v) is 10.6.